The molecule has 0 N–H and O–H groups in total. The summed E-state index contributed by atoms with van der Waals surface area (Å²) >= 11 is 9.49. The van der Waals surface area contributed by atoms with Gasteiger partial charge in [-0.1, -0.05) is 41.1 Å². The number of morpholine rings is 1. The van der Waals surface area contributed by atoms with Crippen LogP contribution in [0.5, 0.6) is 0 Å². The molecule has 0 saturated carbocycles. The van der Waals surface area contributed by atoms with Crippen LogP contribution < -0.4 is 4.90 Å². The van der Waals surface area contributed by atoms with Crippen LogP contribution in [0.4, 0.5) is 5.13 Å². The fraction of sp³-hybridized carbons (Fsp3) is 0.304. The van der Waals surface area contributed by atoms with E-state index in [1.165, 1.54) is 4.90 Å². The van der Waals surface area contributed by atoms with E-state index in [0.717, 1.165) is 53.8 Å². The van der Waals surface area contributed by atoms with Gasteiger partial charge < -0.3 is 4.74 Å². The van der Waals surface area contributed by atoms with Gasteiger partial charge in [0.05, 0.1) is 23.4 Å². The quantitative estimate of drug-likeness (QED) is 0.355. The van der Waals surface area contributed by atoms with Crippen LogP contribution in [0.25, 0.3) is 16.3 Å². The molecule has 0 bridgehead atoms. The Kier molecular flexibility index (Phi) is 7.63. The van der Waals surface area contributed by atoms with Crippen molar-refractivity contribution in [3.63, 3.8) is 0 Å². The molecule has 0 radical (unpaired) electrons. The molecule has 1 aromatic heterocycles. The smallest absolute Gasteiger partial charge is 0.252 e. The summed E-state index contributed by atoms with van der Waals surface area (Å²) in [6.45, 7) is 4.59. The third kappa shape index (κ3) is 5.67. The molecule has 1 saturated heterocycles. The molecule has 1 fully saturated rings. The molecule has 1 aliphatic heterocycles. The molecule has 0 atom stereocenters. The number of ether oxygens (including phenoxy) is 1. The number of hydrogen-bond donors (Lipinski definition) is 0. The topological polar surface area (TPSA) is 45.7 Å². The van der Waals surface area contributed by atoms with Crippen molar-refractivity contribution < 1.29 is 9.53 Å². The lowest BCUT2D eigenvalue weighted by Crippen LogP contribution is -2.42. The summed E-state index contributed by atoms with van der Waals surface area (Å²) in [5.74, 6) is -0.0997. The number of hydrogen-bond acceptors (Lipinski definition) is 6. The van der Waals surface area contributed by atoms with Gasteiger partial charge in [-0.25, -0.2) is 4.98 Å². The highest BCUT2D eigenvalue weighted by Crippen LogP contribution is 2.32. The molecule has 0 unspecified atom stereocenters. The summed E-state index contributed by atoms with van der Waals surface area (Å²) in [5, 5.41) is 1.34. The number of fused-ring (bicyclic) bond motifs is 1. The van der Waals surface area contributed by atoms with E-state index in [0.29, 0.717) is 11.6 Å². The summed E-state index contributed by atoms with van der Waals surface area (Å²) in [7, 11) is 0. The molecule has 31 heavy (non-hydrogen) atoms. The van der Waals surface area contributed by atoms with E-state index < -0.39 is 0 Å². The molecule has 1 aliphatic rings. The summed E-state index contributed by atoms with van der Waals surface area (Å²) in [4.78, 5) is 23.3. The van der Waals surface area contributed by atoms with E-state index in [2.05, 4.69) is 23.3 Å². The maximum atomic E-state index is 13.2. The Balaban J connectivity index is 1.58. The van der Waals surface area contributed by atoms with E-state index in [-0.39, 0.29) is 5.91 Å². The van der Waals surface area contributed by atoms with Crippen molar-refractivity contribution in [3.05, 3.63) is 59.1 Å². The number of amides is 1. The number of rotatable bonds is 7. The Labute approximate surface area is 195 Å². The minimum atomic E-state index is -0.0997. The van der Waals surface area contributed by atoms with Crippen molar-refractivity contribution in [3.8, 4) is 0 Å². The van der Waals surface area contributed by atoms with Crippen LogP contribution in [0.2, 0.25) is 5.02 Å². The van der Waals surface area contributed by atoms with Crippen LogP contribution in [0, 0.1) is 0 Å². The van der Waals surface area contributed by atoms with Crippen molar-refractivity contribution in [1.29, 1.82) is 0 Å². The molecule has 4 rings (SSSR count). The summed E-state index contributed by atoms with van der Waals surface area (Å²) in [6.07, 6.45) is 5.41. The zero-order valence-corrected chi connectivity index (χ0v) is 19.7. The average Bonchev–Trinajstić information content (AvgIpc) is 3.22. The lowest BCUT2D eigenvalue weighted by atomic mass is 10.2. The first kappa shape index (κ1) is 22.3. The van der Waals surface area contributed by atoms with Crippen LogP contribution in [-0.2, 0) is 9.53 Å². The Morgan fingerprint density at radius 1 is 1.29 bits per heavy atom. The molecule has 5 nitrogen and oxygen atoms in total. The Morgan fingerprint density at radius 3 is 2.87 bits per heavy atom. The minimum Gasteiger partial charge on any atom is -0.379 e. The first-order valence-corrected chi connectivity index (χ1v) is 12.5. The maximum Gasteiger partial charge on any atom is 0.252 e. The second kappa shape index (κ2) is 10.6. The van der Waals surface area contributed by atoms with Gasteiger partial charge in [0, 0.05) is 42.2 Å². The number of carbonyl (C=O) groups excluding carboxylic acids is 1. The summed E-state index contributed by atoms with van der Waals surface area (Å²) in [5.41, 5.74) is 1.73. The summed E-state index contributed by atoms with van der Waals surface area (Å²) < 4.78 is 6.53. The predicted octanol–water partition coefficient (Wildman–Crippen LogP) is 5.05. The largest absolute Gasteiger partial charge is 0.379 e. The summed E-state index contributed by atoms with van der Waals surface area (Å²) in [6, 6.07) is 13.7. The van der Waals surface area contributed by atoms with Gasteiger partial charge in [-0.05, 0) is 42.2 Å². The Morgan fingerprint density at radius 2 is 2.10 bits per heavy atom. The van der Waals surface area contributed by atoms with Gasteiger partial charge >= 0.3 is 0 Å². The van der Waals surface area contributed by atoms with Crippen molar-refractivity contribution in [2.24, 2.45) is 0 Å². The molecule has 3 aromatic rings. The number of thiazole rings is 1. The molecular formula is C23H24ClN3O2S2. The number of carbonyl (C=O) groups is 1. The van der Waals surface area contributed by atoms with Gasteiger partial charge in [-0.3, -0.25) is 14.6 Å². The van der Waals surface area contributed by atoms with Crippen LogP contribution in [0.1, 0.15) is 5.56 Å². The van der Waals surface area contributed by atoms with Crippen LogP contribution in [-0.4, -0.2) is 61.4 Å². The molecule has 2 aromatic carbocycles. The van der Waals surface area contributed by atoms with Gasteiger partial charge in [0.2, 0.25) is 0 Å². The van der Waals surface area contributed by atoms with Crippen LogP contribution in [0.15, 0.2) is 53.4 Å². The van der Waals surface area contributed by atoms with Crippen LogP contribution in [0.3, 0.4) is 0 Å². The lowest BCUT2D eigenvalue weighted by molar-refractivity contribution is -0.114. The van der Waals surface area contributed by atoms with E-state index in [1.54, 1.807) is 40.2 Å². The molecule has 0 aliphatic carbocycles. The lowest BCUT2D eigenvalue weighted by Gasteiger charge is -2.28. The minimum absolute atomic E-state index is 0.0997. The molecule has 0 spiro atoms. The fourth-order valence-electron chi connectivity index (χ4n) is 3.36. The molecule has 1 amide bonds. The zero-order valence-electron chi connectivity index (χ0n) is 17.3. The number of thioether (sulfide) groups is 1. The number of aromatic nitrogens is 1. The van der Waals surface area contributed by atoms with Gasteiger partial charge in [-0.2, -0.15) is 0 Å². The SMILES string of the molecule is CSc1ccc2nc(N(CCN3CCOCC3)C(=O)/C=C/c3ccccc3Cl)sc2c1. The van der Waals surface area contributed by atoms with Crippen molar-refractivity contribution in [2.45, 2.75) is 4.90 Å². The highest BCUT2D eigenvalue weighted by molar-refractivity contribution is 7.98. The van der Waals surface area contributed by atoms with Gasteiger partial charge in [0.25, 0.3) is 5.91 Å². The standard InChI is InChI=1S/C23H24ClN3O2S2/c1-30-18-7-8-20-21(16-18)31-23(25-20)27(11-10-26-12-14-29-15-13-26)22(28)9-6-17-4-2-3-5-19(17)24/h2-9,16H,10-15H2,1H3/b9-6+. The average molecular weight is 474 g/mol. The van der Waals surface area contributed by atoms with E-state index >= 15 is 0 Å². The van der Waals surface area contributed by atoms with Gasteiger partial charge in [0.15, 0.2) is 5.13 Å². The highest BCUT2D eigenvalue weighted by Gasteiger charge is 2.20. The second-order valence-electron chi connectivity index (χ2n) is 7.13. The van der Waals surface area contributed by atoms with E-state index in [4.69, 9.17) is 21.3 Å². The normalized spacial score (nSPS) is 15.0. The first-order chi connectivity index (χ1) is 15.1. The third-order valence-electron chi connectivity index (χ3n) is 5.14. The Bertz CT molecular complexity index is 1080. The maximum absolute atomic E-state index is 13.2. The molecular weight excluding hydrogens is 450 g/mol. The second-order valence-corrected chi connectivity index (χ2v) is 9.42. The molecule has 8 heteroatoms. The van der Waals surface area contributed by atoms with E-state index in [1.807, 2.05) is 30.3 Å². The molecule has 2 heterocycles. The predicted molar refractivity (Wildman–Crippen MR) is 131 cm³/mol. The van der Waals surface area contributed by atoms with E-state index in [9.17, 15) is 4.79 Å². The first-order valence-electron chi connectivity index (χ1n) is 10.1. The number of benzene rings is 2. The zero-order chi connectivity index (χ0) is 21.6. The van der Waals surface area contributed by atoms with Crippen molar-refractivity contribution >= 4 is 62.0 Å². The number of anilines is 1. The van der Waals surface area contributed by atoms with Crippen molar-refractivity contribution in [1.82, 2.24) is 9.88 Å². The van der Waals surface area contributed by atoms with Crippen molar-refractivity contribution in [2.75, 3.05) is 50.5 Å². The van der Waals surface area contributed by atoms with Gasteiger partial charge in [-0.15, -0.1) is 11.8 Å². The highest BCUT2D eigenvalue weighted by atomic mass is 35.5. The molecule has 162 valence electrons. The number of nitrogens with zero attached hydrogens (tertiary/aromatic N) is 3. The monoisotopic (exact) mass is 473 g/mol. The number of halogens is 1. The fourth-order valence-corrected chi connectivity index (χ4v) is 5.11. The Hall–Kier alpha value is -1.90. The van der Waals surface area contributed by atoms with Gasteiger partial charge in [0.1, 0.15) is 0 Å². The third-order valence-corrected chi connectivity index (χ3v) is 7.25. The van der Waals surface area contributed by atoms with Crippen LogP contribution >= 0.6 is 34.7 Å².